The molecule has 0 aromatic carbocycles. The zero-order valence-corrected chi connectivity index (χ0v) is 8.08. The molecule has 60 valence electrons. The molecule has 0 fully saturated rings. The average Bonchev–Trinajstić information content (AvgIpc) is 2.68. The predicted molar refractivity (Wildman–Crippen MR) is 52.1 cm³/mol. The molecule has 1 aliphatic heterocycles. The van der Waals surface area contributed by atoms with E-state index in [1.807, 2.05) is 0 Å². The van der Waals surface area contributed by atoms with Gasteiger partial charge in [0.1, 0.15) is 0 Å². The molecule has 1 heteroatoms. The summed E-state index contributed by atoms with van der Waals surface area (Å²) in [5.74, 6) is 2.36. The van der Waals surface area contributed by atoms with Crippen molar-refractivity contribution in [3.05, 3.63) is 0 Å². The highest BCUT2D eigenvalue weighted by Crippen LogP contribution is 2.35. The minimum Gasteiger partial charge on any atom is -0.182 e. The molecule has 0 aromatic heterocycles. The molecule has 3 atom stereocenters. The minimum atomic E-state index is 0.733. The van der Waals surface area contributed by atoms with E-state index in [-0.39, 0.29) is 0 Å². The minimum absolute atomic E-state index is 0.733. The molecular formula is C9H18S. The number of hydrogen-bond donors (Lipinski definition) is 0. The third-order valence-corrected chi connectivity index (χ3v) is 4.52. The Hall–Kier alpha value is 0.220. The molecule has 0 saturated heterocycles. The first-order chi connectivity index (χ1) is 4.75. The van der Waals surface area contributed by atoms with Crippen LogP contribution in [0.15, 0.2) is 0 Å². The van der Waals surface area contributed by atoms with Crippen LogP contribution in [-0.2, 0) is 0 Å². The van der Waals surface area contributed by atoms with Crippen molar-refractivity contribution < 1.29 is 0 Å². The summed E-state index contributed by atoms with van der Waals surface area (Å²) in [6.07, 6.45) is 2.77. The third-order valence-electron chi connectivity index (χ3n) is 2.38. The molecule has 0 N–H and O–H groups in total. The van der Waals surface area contributed by atoms with Crippen molar-refractivity contribution in [2.24, 2.45) is 5.92 Å². The molecule has 0 spiro atoms. The van der Waals surface area contributed by atoms with Gasteiger partial charge in [-0.05, 0) is 17.6 Å². The van der Waals surface area contributed by atoms with Crippen LogP contribution in [0, 0.1) is 5.92 Å². The first-order valence-electron chi connectivity index (χ1n) is 4.27. The lowest BCUT2D eigenvalue weighted by Gasteiger charge is -2.16. The lowest BCUT2D eigenvalue weighted by atomic mass is 10.0. The fourth-order valence-corrected chi connectivity index (χ4v) is 2.99. The van der Waals surface area contributed by atoms with Gasteiger partial charge in [0.05, 0.1) is 0 Å². The summed E-state index contributed by atoms with van der Waals surface area (Å²) in [6, 6.07) is 0. The summed E-state index contributed by atoms with van der Waals surface area (Å²) in [6.45, 7) is 7.09. The SMILES string of the molecule is CCCC(C)C(C)S1=CC1. The normalized spacial score (nSPS) is 28.9. The Bertz CT molecular complexity index is 138. The van der Waals surface area contributed by atoms with Crippen LogP contribution < -0.4 is 0 Å². The lowest BCUT2D eigenvalue weighted by molar-refractivity contribution is 0.521. The van der Waals surface area contributed by atoms with E-state index in [2.05, 4.69) is 26.1 Å². The Morgan fingerprint density at radius 3 is 2.50 bits per heavy atom. The van der Waals surface area contributed by atoms with E-state index in [4.69, 9.17) is 0 Å². The maximum absolute atomic E-state index is 2.47. The van der Waals surface area contributed by atoms with E-state index in [9.17, 15) is 0 Å². The lowest BCUT2D eigenvalue weighted by Crippen LogP contribution is -2.08. The third kappa shape index (κ3) is 2.12. The summed E-state index contributed by atoms with van der Waals surface area (Å²) in [5, 5.41) is 3.44. The highest BCUT2D eigenvalue weighted by molar-refractivity contribution is 8.23. The molecule has 0 amide bonds. The van der Waals surface area contributed by atoms with Crippen molar-refractivity contribution in [1.29, 1.82) is 0 Å². The molecular weight excluding hydrogens is 140 g/mol. The largest absolute Gasteiger partial charge is 0.182 e. The first-order valence-corrected chi connectivity index (χ1v) is 5.79. The van der Waals surface area contributed by atoms with Crippen molar-refractivity contribution in [2.45, 2.75) is 38.9 Å². The van der Waals surface area contributed by atoms with E-state index in [0.717, 1.165) is 21.7 Å². The van der Waals surface area contributed by atoms with Crippen LogP contribution in [0.1, 0.15) is 33.6 Å². The van der Waals surface area contributed by atoms with Crippen molar-refractivity contribution >= 4 is 15.9 Å². The van der Waals surface area contributed by atoms with Gasteiger partial charge in [-0.2, -0.15) is 10.5 Å². The van der Waals surface area contributed by atoms with Gasteiger partial charge in [-0.15, -0.1) is 0 Å². The monoisotopic (exact) mass is 158 g/mol. The van der Waals surface area contributed by atoms with Crippen molar-refractivity contribution in [3.8, 4) is 0 Å². The topological polar surface area (TPSA) is 0 Å². The number of rotatable bonds is 4. The summed E-state index contributed by atoms with van der Waals surface area (Å²) >= 11 is 0. The predicted octanol–water partition coefficient (Wildman–Crippen LogP) is 2.90. The second-order valence-corrected chi connectivity index (χ2v) is 5.62. The van der Waals surface area contributed by atoms with Crippen LogP contribution in [-0.4, -0.2) is 16.4 Å². The standard InChI is InChI=1S/C9H18S/c1-4-5-8(2)9(3)10-6-7-10/h6,8-9H,4-5,7H2,1-3H3. The van der Waals surface area contributed by atoms with Gasteiger partial charge >= 0.3 is 0 Å². The Morgan fingerprint density at radius 1 is 1.50 bits per heavy atom. The van der Waals surface area contributed by atoms with E-state index in [1.54, 1.807) is 0 Å². The van der Waals surface area contributed by atoms with Gasteiger partial charge in [-0.1, -0.05) is 32.6 Å². The van der Waals surface area contributed by atoms with Gasteiger partial charge in [-0.25, -0.2) is 0 Å². The molecule has 0 saturated carbocycles. The second kappa shape index (κ2) is 3.56. The molecule has 3 unspecified atom stereocenters. The maximum Gasteiger partial charge on any atom is 0.0118 e. The van der Waals surface area contributed by atoms with Gasteiger partial charge in [0, 0.05) is 5.75 Å². The highest BCUT2D eigenvalue weighted by Gasteiger charge is 2.19. The van der Waals surface area contributed by atoms with Gasteiger partial charge in [0.25, 0.3) is 0 Å². The van der Waals surface area contributed by atoms with Crippen LogP contribution >= 0.6 is 10.5 Å². The number of hydrogen-bond acceptors (Lipinski definition) is 0. The Balaban J connectivity index is 2.24. The fraction of sp³-hybridized carbons (Fsp3) is 0.889. The molecule has 0 aromatic rings. The maximum atomic E-state index is 2.47. The quantitative estimate of drug-likeness (QED) is 0.552. The molecule has 0 nitrogen and oxygen atoms in total. The van der Waals surface area contributed by atoms with Crippen molar-refractivity contribution in [2.75, 3.05) is 5.75 Å². The van der Waals surface area contributed by atoms with Crippen LogP contribution in [0.25, 0.3) is 0 Å². The second-order valence-electron chi connectivity index (χ2n) is 3.27. The summed E-state index contributed by atoms with van der Waals surface area (Å²) in [7, 11) is 0.733. The smallest absolute Gasteiger partial charge is 0.0118 e. The summed E-state index contributed by atoms with van der Waals surface area (Å²) in [5.41, 5.74) is 0. The van der Waals surface area contributed by atoms with Crippen LogP contribution in [0.2, 0.25) is 0 Å². The van der Waals surface area contributed by atoms with E-state index in [1.165, 1.54) is 18.6 Å². The Labute approximate surface area is 66.9 Å². The van der Waals surface area contributed by atoms with Gasteiger partial charge in [0.15, 0.2) is 0 Å². The van der Waals surface area contributed by atoms with E-state index in [0.29, 0.717) is 0 Å². The van der Waals surface area contributed by atoms with Crippen LogP contribution in [0.4, 0.5) is 0 Å². The zero-order valence-electron chi connectivity index (χ0n) is 7.26. The van der Waals surface area contributed by atoms with Crippen molar-refractivity contribution in [1.82, 2.24) is 0 Å². The van der Waals surface area contributed by atoms with Gasteiger partial charge in [-0.3, -0.25) is 0 Å². The summed E-state index contributed by atoms with van der Waals surface area (Å²) in [4.78, 5) is 0. The fourth-order valence-electron chi connectivity index (χ4n) is 1.33. The van der Waals surface area contributed by atoms with E-state index < -0.39 is 0 Å². The Morgan fingerprint density at radius 2 is 2.10 bits per heavy atom. The van der Waals surface area contributed by atoms with Gasteiger partial charge < -0.3 is 0 Å². The van der Waals surface area contributed by atoms with Crippen molar-refractivity contribution in [3.63, 3.8) is 0 Å². The average molecular weight is 158 g/mol. The van der Waals surface area contributed by atoms with Crippen LogP contribution in [0.3, 0.4) is 0 Å². The van der Waals surface area contributed by atoms with Crippen LogP contribution in [0.5, 0.6) is 0 Å². The Kier molecular flexibility index (Phi) is 2.96. The molecule has 0 bridgehead atoms. The molecule has 0 radical (unpaired) electrons. The molecule has 0 aliphatic carbocycles. The first kappa shape index (κ1) is 8.32. The zero-order chi connectivity index (χ0) is 7.56. The molecule has 10 heavy (non-hydrogen) atoms. The van der Waals surface area contributed by atoms with E-state index >= 15 is 0 Å². The molecule has 1 rings (SSSR count). The molecule has 1 aliphatic rings. The summed E-state index contributed by atoms with van der Waals surface area (Å²) < 4.78 is 0. The highest BCUT2D eigenvalue weighted by atomic mass is 32.2. The van der Waals surface area contributed by atoms with Gasteiger partial charge in [0.2, 0.25) is 0 Å². The molecule has 1 heterocycles.